The van der Waals surface area contributed by atoms with Crippen LogP contribution in [0.5, 0.6) is 0 Å². The number of ketones is 2. The zero-order valence-electron chi connectivity index (χ0n) is 19.3. The fourth-order valence-electron chi connectivity index (χ4n) is 4.04. The molecule has 1 N–H and O–H groups in total. The van der Waals surface area contributed by atoms with Crippen molar-refractivity contribution in [1.82, 2.24) is 5.32 Å². The van der Waals surface area contributed by atoms with E-state index in [1.54, 1.807) is 24.3 Å². The van der Waals surface area contributed by atoms with E-state index in [1.807, 2.05) is 37.3 Å². The highest BCUT2D eigenvalue weighted by Gasteiger charge is 2.33. The number of amides is 1. The van der Waals surface area contributed by atoms with Gasteiger partial charge in [0.05, 0.1) is 16.1 Å². The number of hydrogen-bond donors (Lipinski definition) is 1. The van der Waals surface area contributed by atoms with Crippen LogP contribution in [-0.2, 0) is 16.0 Å². The van der Waals surface area contributed by atoms with Gasteiger partial charge in [0.15, 0.2) is 17.7 Å². The van der Waals surface area contributed by atoms with Crippen molar-refractivity contribution in [2.45, 2.75) is 38.8 Å². The van der Waals surface area contributed by atoms with Crippen LogP contribution in [0.3, 0.4) is 0 Å². The van der Waals surface area contributed by atoms with Crippen molar-refractivity contribution in [3.8, 4) is 0 Å². The second-order valence-corrected chi connectivity index (χ2v) is 8.91. The Balaban J connectivity index is 1.43. The highest BCUT2D eigenvalue weighted by molar-refractivity contribution is 6.41. The lowest BCUT2D eigenvalue weighted by molar-refractivity contribution is -0.129. The molecule has 0 saturated heterocycles. The highest BCUT2D eigenvalue weighted by atomic mass is 35.5. The molecule has 1 aliphatic rings. The molecule has 178 valence electrons. The van der Waals surface area contributed by atoms with Crippen molar-refractivity contribution in [2.24, 2.45) is 0 Å². The molecule has 4 rings (SSSR count). The van der Waals surface area contributed by atoms with E-state index >= 15 is 0 Å². The summed E-state index contributed by atoms with van der Waals surface area (Å²) in [6.07, 6.45) is 0.453. The molecule has 0 aliphatic heterocycles. The van der Waals surface area contributed by atoms with Gasteiger partial charge in [0.2, 0.25) is 0 Å². The van der Waals surface area contributed by atoms with E-state index in [9.17, 15) is 19.2 Å². The summed E-state index contributed by atoms with van der Waals surface area (Å²) < 4.78 is 5.33. The van der Waals surface area contributed by atoms with Gasteiger partial charge >= 0.3 is 5.97 Å². The Kier molecular flexibility index (Phi) is 7.12. The summed E-state index contributed by atoms with van der Waals surface area (Å²) in [6.45, 7) is 3.35. The maximum absolute atomic E-state index is 13.0. The second-order valence-electron chi connectivity index (χ2n) is 8.53. The molecular formula is C28H24ClNO5. The van der Waals surface area contributed by atoms with Gasteiger partial charge in [-0.1, -0.05) is 66.2 Å². The van der Waals surface area contributed by atoms with Gasteiger partial charge in [-0.2, -0.15) is 0 Å². The first-order chi connectivity index (χ1) is 16.8. The second kappa shape index (κ2) is 10.2. The molecule has 0 heterocycles. The number of aryl methyl sites for hydroxylation is 1. The highest BCUT2D eigenvalue weighted by Crippen LogP contribution is 2.34. The number of benzene rings is 3. The standard InChI is InChI=1S/C28H24ClNO5/c1-16(12-13-18-8-4-3-5-9-18)30-27(33)17(2)35-28(34)22-15-14-21-23(24(22)29)26(32)20-11-7-6-10-19(20)25(21)31/h3-11,14-17H,12-13H2,1-2H3,(H,30,33). The largest absolute Gasteiger partial charge is 0.449 e. The molecule has 0 bridgehead atoms. The van der Waals surface area contributed by atoms with Gasteiger partial charge in [0.1, 0.15) is 0 Å². The zero-order chi connectivity index (χ0) is 25.1. The van der Waals surface area contributed by atoms with Gasteiger partial charge in [-0.05, 0) is 44.4 Å². The molecule has 2 atom stereocenters. The third-order valence-corrected chi connectivity index (χ3v) is 6.39. The predicted molar refractivity (Wildman–Crippen MR) is 132 cm³/mol. The topological polar surface area (TPSA) is 89.5 Å². The predicted octanol–water partition coefficient (Wildman–Crippen LogP) is 4.80. The normalized spacial score (nSPS) is 13.9. The molecule has 3 aromatic rings. The van der Waals surface area contributed by atoms with E-state index in [4.69, 9.17) is 16.3 Å². The molecule has 0 saturated carbocycles. The summed E-state index contributed by atoms with van der Waals surface area (Å²) in [5.41, 5.74) is 1.72. The van der Waals surface area contributed by atoms with Crippen molar-refractivity contribution >= 4 is 35.0 Å². The van der Waals surface area contributed by atoms with Crippen molar-refractivity contribution in [3.63, 3.8) is 0 Å². The summed E-state index contributed by atoms with van der Waals surface area (Å²) in [4.78, 5) is 51.2. The van der Waals surface area contributed by atoms with Gasteiger partial charge in [-0.25, -0.2) is 4.79 Å². The number of carbonyl (C=O) groups excluding carboxylic acids is 4. The number of rotatable bonds is 7. The lowest BCUT2D eigenvalue weighted by Gasteiger charge is -2.21. The molecule has 35 heavy (non-hydrogen) atoms. The van der Waals surface area contributed by atoms with E-state index in [-0.39, 0.29) is 39.1 Å². The lowest BCUT2D eigenvalue weighted by atomic mass is 9.83. The Hall–Kier alpha value is -3.77. The summed E-state index contributed by atoms with van der Waals surface area (Å²) in [5, 5.41) is 2.68. The van der Waals surface area contributed by atoms with E-state index in [0.29, 0.717) is 5.56 Å². The Morgan fingerprint density at radius 2 is 1.49 bits per heavy atom. The van der Waals surface area contributed by atoms with Crippen molar-refractivity contribution in [1.29, 1.82) is 0 Å². The smallest absolute Gasteiger partial charge is 0.340 e. The van der Waals surface area contributed by atoms with Crippen LogP contribution >= 0.6 is 11.6 Å². The first-order valence-corrected chi connectivity index (χ1v) is 11.7. The monoisotopic (exact) mass is 489 g/mol. The lowest BCUT2D eigenvalue weighted by Crippen LogP contribution is -2.41. The van der Waals surface area contributed by atoms with Crippen molar-refractivity contribution < 1.29 is 23.9 Å². The number of fused-ring (bicyclic) bond motifs is 2. The van der Waals surface area contributed by atoms with Crippen LogP contribution in [0.15, 0.2) is 66.7 Å². The number of esters is 1. The van der Waals surface area contributed by atoms with Crippen LogP contribution in [0, 0.1) is 0 Å². The van der Waals surface area contributed by atoms with Crippen molar-refractivity contribution in [3.05, 3.63) is 105 Å². The average Bonchev–Trinajstić information content (AvgIpc) is 2.86. The minimum absolute atomic E-state index is 0.0311. The van der Waals surface area contributed by atoms with E-state index in [0.717, 1.165) is 12.8 Å². The van der Waals surface area contributed by atoms with E-state index in [2.05, 4.69) is 5.32 Å². The number of nitrogens with one attached hydrogen (secondary N) is 1. The molecule has 0 aromatic heterocycles. The SMILES string of the molecule is CC(CCc1ccccc1)NC(=O)C(C)OC(=O)c1ccc2c(c1Cl)C(=O)c1ccccc1C2=O. The van der Waals surface area contributed by atoms with E-state index < -0.39 is 23.8 Å². The summed E-state index contributed by atoms with van der Waals surface area (Å²) in [6, 6.07) is 19.0. The van der Waals surface area contributed by atoms with Crippen molar-refractivity contribution in [2.75, 3.05) is 0 Å². The molecule has 0 fully saturated rings. The molecule has 6 nitrogen and oxygen atoms in total. The minimum atomic E-state index is -1.08. The first-order valence-electron chi connectivity index (χ1n) is 11.3. The molecule has 1 amide bonds. The molecular weight excluding hydrogens is 466 g/mol. The van der Waals surface area contributed by atoms with Gasteiger partial charge in [0, 0.05) is 22.7 Å². The maximum Gasteiger partial charge on any atom is 0.340 e. The Bertz CT molecular complexity index is 1320. The van der Waals surface area contributed by atoms with Crippen LogP contribution in [0.2, 0.25) is 5.02 Å². The Morgan fingerprint density at radius 1 is 0.857 bits per heavy atom. The number of carbonyl (C=O) groups is 4. The zero-order valence-corrected chi connectivity index (χ0v) is 20.1. The first kappa shape index (κ1) is 24.4. The molecule has 0 radical (unpaired) electrons. The summed E-state index contributed by atoms with van der Waals surface area (Å²) in [5.74, 6) is -2.06. The van der Waals surface area contributed by atoms with Gasteiger partial charge in [-0.15, -0.1) is 0 Å². The molecule has 3 aromatic carbocycles. The van der Waals surface area contributed by atoms with Crippen LogP contribution < -0.4 is 5.32 Å². The molecule has 2 unspecified atom stereocenters. The van der Waals surface area contributed by atoms with Crippen LogP contribution in [0.1, 0.15) is 68.0 Å². The average molecular weight is 490 g/mol. The number of hydrogen-bond acceptors (Lipinski definition) is 5. The van der Waals surface area contributed by atoms with Gasteiger partial charge < -0.3 is 10.1 Å². The fourth-order valence-corrected chi connectivity index (χ4v) is 4.37. The third-order valence-electron chi connectivity index (χ3n) is 6.00. The van der Waals surface area contributed by atoms with Crippen LogP contribution in [-0.4, -0.2) is 35.6 Å². The van der Waals surface area contributed by atoms with Crippen LogP contribution in [0.4, 0.5) is 0 Å². The maximum atomic E-state index is 13.0. The molecule has 1 aliphatic carbocycles. The Morgan fingerprint density at radius 3 is 2.17 bits per heavy atom. The fraction of sp³-hybridized carbons (Fsp3) is 0.214. The molecule has 7 heteroatoms. The minimum Gasteiger partial charge on any atom is -0.449 e. The van der Waals surface area contributed by atoms with Crippen LogP contribution in [0.25, 0.3) is 0 Å². The number of halogens is 1. The quantitative estimate of drug-likeness (QED) is 0.377. The van der Waals surface area contributed by atoms with Gasteiger partial charge in [0.25, 0.3) is 5.91 Å². The van der Waals surface area contributed by atoms with E-state index in [1.165, 1.54) is 24.6 Å². The Labute approximate surface area is 208 Å². The number of ether oxygens (including phenoxy) is 1. The molecule has 0 spiro atoms. The van der Waals surface area contributed by atoms with Gasteiger partial charge in [-0.3, -0.25) is 14.4 Å². The summed E-state index contributed by atoms with van der Waals surface area (Å²) >= 11 is 6.42. The summed E-state index contributed by atoms with van der Waals surface area (Å²) in [7, 11) is 0. The third kappa shape index (κ3) is 5.03.